The van der Waals surface area contributed by atoms with Crippen molar-refractivity contribution in [1.29, 1.82) is 0 Å². The molecule has 108 valence electrons. The summed E-state index contributed by atoms with van der Waals surface area (Å²) in [7, 11) is 0. The van der Waals surface area contributed by atoms with Gasteiger partial charge in [0.15, 0.2) is 17.2 Å². The quantitative estimate of drug-likeness (QED) is 0.932. The summed E-state index contributed by atoms with van der Waals surface area (Å²) in [4.78, 5) is 19.6. The van der Waals surface area contributed by atoms with Gasteiger partial charge in [-0.05, 0) is 18.2 Å². The second-order valence-electron chi connectivity index (χ2n) is 4.31. The summed E-state index contributed by atoms with van der Waals surface area (Å²) in [5.41, 5.74) is -0.0713. The van der Waals surface area contributed by atoms with Gasteiger partial charge in [-0.25, -0.2) is 14.8 Å². The van der Waals surface area contributed by atoms with Crippen LogP contribution in [0.15, 0.2) is 40.5 Å². The Balaban J connectivity index is 1.78. The molecule has 0 saturated heterocycles. The Bertz CT molecular complexity index is 661. The van der Waals surface area contributed by atoms with Crippen LogP contribution in [0.5, 0.6) is 11.5 Å². The van der Waals surface area contributed by atoms with E-state index < -0.39 is 5.97 Å². The number of aromatic carboxylic acids is 1. The first-order valence-electron chi connectivity index (χ1n) is 6.35. The zero-order valence-electron chi connectivity index (χ0n) is 11.0. The molecule has 0 atom stereocenters. The predicted molar refractivity (Wildman–Crippen MR) is 75.2 cm³/mol. The molecule has 1 aliphatic heterocycles. The molecule has 0 spiro atoms. The fourth-order valence-electron chi connectivity index (χ4n) is 1.81. The van der Waals surface area contributed by atoms with Gasteiger partial charge in [0.2, 0.25) is 0 Å². The molecule has 0 radical (unpaired) electrons. The summed E-state index contributed by atoms with van der Waals surface area (Å²) in [6.07, 6.45) is 3.55. The number of aromatic nitrogens is 2. The molecule has 2 aromatic rings. The summed E-state index contributed by atoms with van der Waals surface area (Å²) in [5, 5.41) is 9.40. The number of hydrogen-bond donors (Lipinski definition) is 1. The third-order valence-corrected chi connectivity index (χ3v) is 3.70. The highest BCUT2D eigenvalue weighted by atomic mass is 32.2. The van der Waals surface area contributed by atoms with Gasteiger partial charge in [-0.15, -0.1) is 0 Å². The monoisotopic (exact) mass is 304 g/mol. The highest BCUT2D eigenvalue weighted by molar-refractivity contribution is 7.99. The number of benzene rings is 1. The molecule has 1 N–H and O–H groups in total. The van der Waals surface area contributed by atoms with Gasteiger partial charge >= 0.3 is 5.97 Å². The summed E-state index contributed by atoms with van der Waals surface area (Å²) >= 11 is 1.39. The minimum atomic E-state index is -1.09. The van der Waals surface area contributed by atoms with E-state index in [1.54, 1.807) is 0 Å². The Kier molecular flexibility index (Phi) is 3.92. The van der Waals surface area contributed by atoms with Crippen molar-refractivity contribution in [2.75, 3.05) is 13.2 Å². The van der Waals surface area contributed by atoms with Crippen molar-refractivity contribution >= 4 is 17.7 Å². The van der Waals surface area contributed by atoms with E-state index >= 15 is 0 Å². The Morgan fingerprint density at radius 2 is 1.95 bits per heavy atom. The Hall–Kier alpha value is -2.28. The fourth-order valence-corrected chi connectivity index (χ4v) is 2.56. The first-order chi connectivity index (χ1) is 10.2. The van der Waals surface area contributed by atoms with Gasteiger partial charge in [0.05, 0.1) is 25.6 Å². The van der Waals surface area contributed by atoms with E-state index in [0.717, 1.165) is 17.1 Å². The topological polar surface area (TPSA) is 81.5 Å². The third-order valence-electron chi connectivity index (χ3n) is 2.79. The third kappa shape index (κ3) is 3.25. The van der Waals surface area contributed by atoms with Crippen LogP contribution in [0, 0.1) is 0 Å². The number of fused-ring (bicyclic) bond motifs is 1. The molecule has 3 rings (SSSR count). The van der Waals surface area contributed by atoms with Crippen LogP contribution in [0.4, 0.5) is 0 Å². The maximum absolute atomic E-state index is 10.7. The molecular formula is C14H12N2O4S. The SMILES string of the molecule is O=C(O)c1cnc(Sc2ccc3c(c2)OCCCO3)cn1. The van der Waals surface area contributed by atoms with Gasteiger partial charge in [0.1, 0.15) is 5.03 Å². The summed E-state index contributed by atoms with van der Waals surface area (Å²) in [5.74, 6) is 0.367. The molecule has 2 heterocycles. The zero-order chi connectivity index (χ0) is 14.7. The van der Waals surface area contributed by atoms with Crippen LogP contribution < -0.4 is 9.47 Å². The fraction of sp³-hybridized carbons (Fsp3) is 0.214. The van der Waals surface area contributed by atoms with E-state index in [0.29, 0.717) is 24.0 Å². The van der Waals surface area contributed by atoms with Crippen LogP contribution in [0.25, 0.3) is 0 Å². The van der Waals surface area contributed by atoms with Crippen molar-refractivity contribution in [3.05, 3.63) is 36.3 Å². The first-order valence-corrected chi connectivity index (χ1v) is 7.17. The van der Waals surface area contributed by atoms with Gasteiger partial charge in [-0.1, -0.05) is 11.8 Å². The molecule has 0 unspecified atom stereocenters. The van der Waals surface area contributed by atoms with E-state index in [-0.39, 0.29) is 5.69 Å². The minimum Gasteiger partial charge on any atom is -0.490 e. The van der Waals surface area contributed by atoms with E-state index in [4.69, 9.17) is 14.6 Å². The molecular weight excluding hydrogens is 292 g/mol. The number of hydrogen-bond acceptors (Lipinski definition) is 6. The van der Waals surface area contributed by atoms with E-state index in [1.807, 2.05) is 18.2 Å². The maximum atomic E-state index is 10.7. The molecule has 0 aliphatic carbocycles. The van der Waals surface area contributed by atoms with Crippen LogP contribution in [0.2, 0.25) is 0 Å². The van der Waals surface area contributed by atoms with Gasteiger partial charge in [0.25, 0.3) is 0 Å². The number of carboxylic acid groups (broad SMARTS) is 1. The Labute approximate surface area is 125 Å². The molecule has 21 heavy (non-hydrogen) atoms. The van der Waals surface area contributed by atoms with Crippen molar-refractivity contribution in [1.82, 2.24) is 9.97 Å². The van der Waals surface area contributed by atoms with E-state index in [9.17, 15) is 4.79 Å². The predicted octanol–water partition coefficient (Wildman–Crippen LogP) is 2.49. The first kappa shape index (κ1) is 13.7. The molecule has 1 aromatic heterocycles. The highest BCUT2D eigenvalue weighted by Crippen LogP contribution is 2.35. The van der Waals surface area contributed by atoms with Crippen LogP contribution in [-0.2, 0) is 0 Å². The zero-order valence-corrected chi connectivity index (χ0v) is 11.8. The molecule has 7 heteroatoms. The van der Waals surface area contributed by atoms with Crippen LogP contribution >= 0.6 is 11.8 Å². The Morgan fingerprint density at radius 3 is 2.67 bits per heavy atom. The van der Waals surface area contributed by atoms with Crippen molar-refractivity contribution in [2.24, 2.45) is 0 Å². The smallest absolute Gasteiger partial charge is 0.356 e. The highest BCUT2D eigenvalue weighted by Gasteiger charge is 2.12. The van der Waals surface area contributed by atoms with Crippen molar-refractivity contribution in [3.8, 4) is 11.5 Å². The number of carboxylic acids is 1. The lowest BCUT2D eigenvalue weighted by Crippen LogP contribution is -2.00. The maximum Gasteiger partial charge on any atom is 0.356 e. The number of rotatable bonds is 3. The van der Waals surface area contributed by atoms with Crippen molar-refractivity contribution in [2.45, 2.75) is 16.3 Å². The molecule has 0 bridgehead atoms. The van der Waals surface area contributed by atoms with Gasteiger partial charge in [-0.2, -0.15) is 0 Å². The molecule has 6 nitrogen and oxygen atoms in total. The molecule has 0 saturated carbocycles. The second-order valence-corrected chi connectivity index (χ2v) is 5.40. The lowest BCUT2D eigenvalue weighted by Gasteiger charge is -2.08. The molecule has 1 aromatic carbocycles. The van der Waals surface area contributed by atoms with Crippen LogP contribution in [0.3, 0.4) is 0 Å². The number of ether oxygens (including phenoxy) is 2. The van der Waals surface area contributed by atoms with Crippen molar-refractivity contribution < 1.29 is 19.4 Å². The molecule has 0 fully saturated rings. The lowest BCUT2D eigenvalue weighted by molar-refractivity contribution is 0.0689. The van der Waals surface area contributed by atoms with Crippen LogP contribution in [0.1, 0.15) is 16.9 Å². The van der Waals surface area contributed by atoms with Gasteiger partial charge < -0.3 is 14.6 Å². The van der Waals surface area contributed by atoms with Gasteiger partial charge in [-0.3, -0.25) is 0 Å². The molecule has 0 amide bonds. The van der Waals surface area contributed by atoms with Gasteiger partial charge in [0, 0.05) is 11.3 Å². The lowest BCUT2D eigenvalue weighted by atomic mass is 10.3. The number of nitrogens with zero attached hydrogens (tertiary/aromatic N) is 2. The van der Waals surface area contributed by atoms with E-state index in [1.165, 1.54) is 24.2 Å². The summed E-state index contributed by atoms with van der Waals surface area (Å²) in [6.45, 7) is 1.29. The van der Waals surface area contributed by atoms with Crippen LogP contribution in [-0.4, -0.2) is 34.3 Å². The number of carbonyl (C=O) groups is 1. The minimum absolute atomic E-state index is 0.0713. The largest absolute Gasteiger partial charge is 0.490 e. The summed E-state index contributed by atoms with van der Waals surface area (Å²) in [6, 6.07) is 5.66. The molecule has 1 aliphatic rings. The standard InChI is InChI=1S/C14H12N2O4S/c17-14(18)10-7-16-13(8-15-10)21-9-2-3-11-12(6-9)20-5-1-4-19-11/h2-3,6-8H,1,4-5H2,(H,17,18). The normalized spacial score (nSPS) is 13.5. The Morgan fingerprint density at radius 1 is 1.14 bits per heavy atom. The average molecular weight is 304 g/mol. The van der Waals surface area contributed by atoms with E-state index in [2.05, 4.69) is 9.97 Å². The van der Waals surface area contributed by atoms with Crippen molar-refractivity contribution in [3.63, 3.8) is 0 Å². The second kappa shape index (κ2) is 6.01. The summed E-state index contributed by atoms with van der Waals surface area (Å²) < 4.78 is 11.2. The average Bonchev–Trinajstić information content (AvgIpc) is 2.72.